The number of sulfonamides is 1. The number of methoxy groups -OCH3 is 1. The van der Waals surface area contributed by atoms with Crippen molar-refractivity contribution < 1.29 is 17.9 Å². The summed E-state index contributed by atoms with van der Waals surface area (Å²) in [6.45, 7) is 1.49. The molecule has 1 N–H and O–H groups in total. The number of hydrogen-bond donors (Lipinski definition) is 1. The van der Waals surface area contributed by atoms with E-state index in [0.717, 1.165) is 14.3 Å². The van der Waals surface area contributed by atoms with Crippen LogP contribution in [0.1, 0.15) is 18.5 Å². The molecular weight excluding hydrogens is 456 g/mol. The number of halogens is 2. The number of carbonyl (C=O) groups excluding carboxylic acids is 1. The number of nitrogens with zero attached hydrogens (tertiary/aromatic N) is 1. The van der Waals surface area contributed by atoms with E-state index >= 15 is 0 Å². The Labute approximate surface area is 172 Å². The van der Waals surface area contributed by atoms with Crippen molar-refractivity contribution in [3.63, 3.8) is 0 Å². The molecule has 0 bridgehead atoms. The van der Waals surface area contributed by atoms with E-state index in [-0.39, 0.29) is 28.3 Å². The van der Waals surface area contributed by atoms with Crippen molar-refractivity contribution in [3.05, 3.63) is 57.5 Å². The van der Waals surface area contributed by atoms with Crippen LogP contribution in [0.4, 0.5) is 0 Å². The second kappa shape index (κ2) is 9.05. The van der Waals surface area contributed by atoms with Gasteiger partial charge in [0.15, 0.2) is 0 Å². The predicted octanol–water partition coefficient (Wildman–Crippen LogP) is 3.61. The third-order valence-electron chi connectivity index (χ3n) is 3.93. The number of ether oxygens (including phenoxy) is 1. The zero-order valence-corrected chi connectivity index (χ0v) is 18.2. The lowest BCUT2D eigenvalue weighted by atomic mass is 10.1. The molecule has 0 saturated heterocycles. The minimum Gasteiger partial charge on any atom is -0.495 e. The molecule has 0 aliphatic carbocycles. The Morgan fingerprint density at radius 3 is 2.48 bits per heavy atom. The summed E-state index contributed by atoms with van der Waals surface area (Å²) >= 11 is 9.28. The molecule has 1 unspecified atom stereocenters. The molecule has 27 heavy (non-hydrogen) atoms. The summed E-state index contributed by atoms with van der Waals surface area (Å²) in [5.74, 6) is -0.257. The molecular formula is C18H20BrClN2O4S. The Morgan fingerprint density at radius 2 is 1.89 bits per heavy atom. The lowest BCUT2D eigenvalue weighted by Crippen LogP contribution is -2.39. The van der Waals surface area contributed by atoms with Crippen molar-refractivity contribution in [1.82, 2.24) is 9.62 Å². The lowest BCUT2D eigenvalue weighted by molar-refractivity contribution is -0.121. The number of carbonyl (C=O) groups is 1. The van der Waals surface area contributed by atoms with E-state index in [1.807, 2.05) is 31.2 Å². The molecule has 0 radical (unpaired) electrons. The smallest absolute Gasteiger partial charge is 0.247 e. The normalized spacial score (nSPS) is 12.7. The second-order valence-corrected chi connectivity index (χ2v) is 9.26. The molecule has 9 heteroatoms. The average molecular weight is 476 g/mol. The molecule has 2 aromatic rings. The number of benzene rings is 2. The third-order valence-corrected chi connectivity index (χ3v) is 6.52. The van der Waals surface area contributed by atoms with Crippen LogP contribution in [0.5, 0.6) is 5.75 Å². The van der Waals surface area contributed by atoms with Gasteiger partial charge in [-0.25, -0.2) is 8.42 Å². The minimum atomic E-state index is -3.95. The van der Waals surface area contributed by atoms with Crippen LogP contribution >= 0.6 is 27.5 Å². The molecule has 0 aliphatic heterocycles. The van der Waals surface area contributed by atoms with Crippen molar-refractivity contribution in [2.75, 3.05) is 20.7 Å². The highest BCUT2D eigenvalue weighted by Gasteiger charge is 2.27. The standard InChI is InChI=1S/C18H20BrClN2O4S/c1-12(13-4-6-14(19)7-5-13)21-18(23)11-22(2)27(24,25)17-10-15(20)8-9-16(17)26-3/h4-10,12H,11H2,1-3H3,(H,21,23). The second-order valence-electron chi connectivity index (χ2n) is 5.90. The van der Waals surface area contributed by atoms with Gasteiger partial charge in [-0.05, 0) is 42.8 Å². The van der Waals surface area contributed by atoms with Crippen LogP contribution in [0.15, 0.2) is 51.8 Å². The van der Waals surface area contributed by atoms with E-state index in [2.05, 4.69) is 21.2 Å². The summed E-state index contributed by atoms with van der Waals surface area (Å²) in [5.41, 5.74) is 0.911. The molecule has 0 aliphatic rings. The highest BCUT2D eigenvalue weighted by Crippen LogP contribution is 2.29. The maximum Gasteiger partial charge on any atom is 0.247 e. The monoisotopic (exact) mass is 474 g/mol. The molecule has 1 atom stereocenters. The summed E-state index contributed by atoms with van der Waals surface area (Å²) in [6.07, 6.45) is 0. The lowest BCUT2D eigenvalue weighted by Gasteiger charge is -2.20. The van der Waals surface area contributed by atoms with Gasteiger partial charge in [-0.2, -0.15) is 4.31 Å². The fourth-order valence-corrected chi connectivity index (χ4v) is 4.23. The van der Waals surface area contributed by atoms with Gasteiger partial charge in [0, 0.05) is 16.5 Å². The molecule has 1 amide bonds. The SMILES string of the molecule is COc1ccc(Cl)cc1S(=O)(=O)N(C)CC(=O)NC(C)c1ccc(Br)cc1. The predicted molar refractivity (Wildman–Crippen MR) is 109 cm³/mol. The Balaban J connectivity index is 2.11. The summed E-state index contributed by atoms with van der Waals surface area (Å²) in [5, 5.41) is 3.05. The van der Waals surface area contributed by atoms with Crippen molar-refractivity contribution in [2.45, 2.75) is 17.9 Å². The van der Waals surface area contributed by atoms with Gasteiger partial charge in [-0.1, -0.05) is 39.7 Å². The Morgan fingerprint density at radius 1 is 1.26 bits per heavy atom. The summed E-state index contributed by atoms with van der Waals surface area (Å²) in [6, 6.07) is 11.6. The van der Waals surface area contributed by atoms with Crippen molar-refractivity contribution in [2.24, 2.45) is 0 Å². The number of likely N-dealkylation sites (N-methyl/N-ethyl adjacent to an activating group) is 1. The Kier molecular flexibility index (Phi) is 7.27. The van der Waals surface area contributed by atoms with Crippen LogP contribution in [0.25, 0.3) is 0 Å². The molecule has 0 spiro atoms. The quantitative estimate of drug-likeness (QED) is 0.664. The van der Waals surface area contributed by atoms with Gasteiger partial charge in [0.25, 0.3) is 0 Å². The topological polar surface area (TPSA) is 75.7 Å². The highest BCUT2D eigenvalue weighted by molar-refractivity contribution is 9.10. The van der Waals surface area contributed by atoms with Gasteiger partial charge in [0.1, 0.15) is 10.6 Å². The minimum absolute atomic E-state index is 0.0891. The number of amides is 1. The average Bonchev–Trinajstić information content (AvgIpc) is 2.61. The maximum atomic E-state index is 12.8. The van der Waals surface area contributed by atoms with Crippen LogP contribution < -0.4 is 10.1 Å². The maximum absolute atomic E-state index is 12.8. The van der Waals surface area contributed by atoms with Gasteiger partial charge >= 0.3 is 0 Å². The highest BCUT2D eigenvalue weighted by atomic mass is 79.9. The summed E-state index contributed by atoms with van der Waals surface area (Å²) < 4.78 is 32.6. The van der Waals surface area contributed by atoms with Crippen LogP contribution in [0.2, 0.25) is 5.02 Å². The van der Waals surface area contributed by atoms with Crippen molar-refractivity contribution in [3.8, 4) is 5.75 Å². The van der Waals surface area contributed by atoms with Crippen LogP contribution in [0.3, 0.4) is 0 Å². The van der Waals surface area contributed by atoms with Gasteiger partial charge in [-0.3, -0.25) is 4.79 Å². The molecule has 0 saturated carbocycles. The first kappa shape index (κ1) is 21.7. The van der Waals surface area contributed by atoms with Crippen LogP contribution in [0, 0.1) is 0 Å². The molecule has 146 valence electrons. The summed E-state index contributed by atoms with van der Waals surface area (Å²) in [7, 11) is -1.25. The van der Waals surface area contributed by atoms with Crippen LogP contribution in [-0.4, -0.2) is 39.3 Å². The molecule has 6 nitrogen and oxygen atoms in total. The van der Waals surface area contributed by atoms with E-state index in [1.165, 1.54) is 32.4 Å². The van der Waals surface area contributed by atoms with Gasteiger partial charge in [0.2, 0.25) is 15.9 Å². The fourth-order valence-electron chi connectivity index (χ4n) is 2.43. The van der Waals surface area contributed by atoms with E-state index in [9.17, 15) is 13.2 Å². The first-order valence-corrected chi connectivity index (χ1v) is 10.6. The fraction of sp³-hybridized carbons (Fsp3) is 0.278. The van der Waals surface area contributed by atoms with Gasteiger partial charge < -0.3 is 10.1 Å². The zero-order chi connectivity index (χ0) is 20.2. The van der Waals surface area contributed by atoms with E-state index in [0.29, 0.717) is 0 Å². The largest absolute Gasteiger partial charge is 0.495 e. The molecule has 2 rings (SSSR count). The molecule has 0 fully saturated rings. The molecule has 2 aromatic carbocycles. The van der Waals surface area contributed by atoms with Crippen LogP contribution in [-0.2, 0) is 14.8 Å². The van der Waals surface area contributed by atoms with E-state index < -0.39 is 15.9 Å². The van der Waals surface area contributed by atoms with Crippen molar-refractivity contribution >= 4 is 43.5 Å². The van der Waals surface area contributed by atoms with E-state index in [1.54, 1.807) is 0 Å². The van der Waals surface area contributed by atoms with Gasteiger partial charge in [0.05, 0.1) is 19.7 Å². The van der Waals surface area contributed by atoms with Crippen molar-refractivity contribution in [1.29, 1.82) is 0 Å². The number of nitrogens with one attached hydrogen (secondary N) is 1. The van der Waals surface area contributed by atoms with Gasteiger partial charge in [-0.15, -0.1) is 0 Å². The molecule has 0 aromatic heterocycles. The Bertz CT molecular complexity index is 919. The first-order valence-electron chi connectivity index (χ1n) is 8.00. The molecule has 0 heterocycles. The number of rotatable bonds is 7. The zero-order valence-electron chi connectivity index (χ0n) is 15.1. The number of hydrogen-bond acceptors (Lipinski definition) is 4. The van der Waals surface area contributed by atoms with E-state index in [4.69, 9.17) is 16.3 Å². The first-order chi connectivity index (χ1) is 12.6. The Hall–Kier alpha value is -1.61. The third kappa shape index (κ3) is 5.44. The summed E-state index contributed by atoms with van der Waals surface area (Å²) in [4.78, 5) is 12.2.